The second kappa shape index (κ2) is 8.39. The lowest BCUT2D eigenvalue weighted by molar-refractivity contribution is -0.303. The van der Waals surface area contributed by atoms with Crippen LogP contribution in [0.5, 0.6) is 0 Å². The van der Waals surface area contributed by atoms with Crippen LogP contribution in [0.25, 0.3) is 28.4 Å². The average Bonchev–Trinajstić information content (AvgIpc) is 3.27. The van der Waals surface area contributed by atoms with Gasteiger partial charge < -0.3 is 14.1 Å². The SMILES string of the molecule is C/C(Cl)=C(\C=C(/C)c1ccc(-c2nc(-c3ccc(F)cc3)c(C)[nH]2)o1)OC(F)(F)F. The van der Waals surface area contributed by atoms with Crippen molar-refractivity contribution in [1.29, 1.82) is 0 Å². The third kappa shape index (κ3) is 5.13. The van der Waals surface area contributed by atoms with E-state index in [9.17, 15) is 17.6 Å². The lowest BCUT2D eigenvalue weighted by Gasteiger charge is -2.11. The Morgan fingerprint density at radius 1 is 1.13 bits per heavy atom. The zero-order valence-corrected chi connectivity index (χ0v) is 17.0. The molecular weight excluding hydrogens is 424 g/mol. The van der Waals surface area contributed by atoms with Crippen molar-refractivity contribution in [3.05, 3.63) is 70.5 Å². The number of hydrogen-bond donors (Lipinski definition) is 1. The number of nitrogens with zero attached hydrogens (tertiary/aromatic N) is 1. The molecule has 0 aliphatic heterocycles. The van der Waals surface area contributed by atoms with Gasteiger partial charge in [0.15, 0.2) is 11.6 Å². The van der Waals surface area contributed by atoms with Crippen molar-refractivity contribution in [2.24, 2.45) is 0 Å². The first-order valence-corrected chi connectivity index (χ1v) is 9.15. The third-order valence-corrected chi connectivity index (χ3v) is 4.33. The Morgan fingerprint density at radius 3 is 2.40 bits per heavy atom. The second-order valence-electron chi connectivity index (χ2n) is 6.50. The van der Waals surface area contributed by atoms with Gasteiger partial charge in [-0.1, -0.05) is 11.6 Å². The van der Waals surface area contributed by atoms with E-state index in [1.54, 1.807) is 31.2 Å². The van der Waals surface area contributed by atoms with Crippen LogP contribution in [0, 0.1) is 12.7 Å². The Hall–Kier alpha value is -3.00. The van der Waals surface area contributed by atoms with Crippen LogP contribution in [-0.2, 0) is 4.74 Å². The molecule has 0 saturated carbocycles. The summed E-state index contributed by atoms with van der Waals surface area (Å²) in [6, 6.07) is 9.16. The fourth-order valence-electron chi connectivity index (χ4n) is 2.73. The van der Waals surface area contributed by atoms with Crippen LogP contribution in [0.15, 0.2) is 57.7 Å². The monoisotopic (exact) mass is 440 g/mol. The van der Waals surface area contributed by atoms with Crippen molar-refractivity contribution in [3.63, 3.8) is 0 Å². The summed E-state index contributed by atoms with van der Waals surface area (Å²) in [7, 11) is 0. The van der Waals surface area contributed by atoms with E-state index in [0.29, 0.717) is 28.6 Å². The second-order valence-corrected chi connectivity index (χ2v) is 7.07. The van der Waals surface area contributed by atoms with Gasteiger partial charge in [0.2, 0.25) is 0 Å². The minimum atomic E-state index is -4.86. The maximum absolute atomic E-state index is 13.2. The number of rotatable bonds is 5. The fraction of sp³-hybridized carbons (Fsp3) is 0.190. The highest BCUT2D eigenvalue weighted by atomic mass is 35.5. The number of aryl methyl sites for hydroxylation is 1. The molecule has 0 aliphatic carbocycles. The van der Waals surface area contributed by atoms with Crippen molar-refractivity contribution in [3.8, 4) is 22.8 Å². The van der Waals surface area contributed by atoms with E-state index in [2.05, 4.69) is 14.7 Å². The number of furan rings is 1. The van der Waals surface area contributed by atoms with Gasteiger partial charge in [0.25, 0.3) is 0 Å². The molecular formula is C21H17ClF4N2O2. The first-order valence-electron chi connectivity index (χ1n) is 8.77. The Kier molecular flexibility index (Phi) is 6.07. The lowest BCUT2D eigenvalue weighted by atomic mass is 10.1. The molecule has 0 bridgehead atoms. The van der Waals surface area contributed by atoms with Gasteiger partial charge in [-0.2, -0.15) is 0 Å². The molecule has 2 heterocycles. The van der Waals surface area contributed by atoms with E-state index in [1.807, 2.05) is 6.92 Å². The quantitative estimate of drug-likeness (QED) is 0.259. The van der Waals surface area contributed by atoms with E-state index in [4.69, 9.17) is 16.0 Å². The highest BCUT2D eigenvalue weighted by Gasteiger charge is 2.32. The molecule has 0 atom stereocenters. The number of imidazole rings is 1. The summed E-state index contributed by atoms with van der Waals surface area (Å²) in [5.74, 6) is 0.275. The topological polar surface area (TPSA) is 51.0 Å². The number of benzene rings is 1. The predicted molar refractivity (Wildman–Crippen MR) is 106 cm³/mol. The van der Waals surface area contributed by atoms with E-state index in [0.717, 1.165) is 17.3 Å². The Bertz CT molecular complexity index is 1100. The fourth-order valence-corrected chi connectivity index (χ4v) is 2.83. The molecule has 0 spiro atoms. The Balaban J connectivity index is 1.88. The molecule has 3 aromatic rings. The molecule has 0 aliphatic rings. The molecule has 0 fully saturated rings. The molecule has 0 saturated heterocycles. The van der Waals surface area contributed by atoms with Gasteiger partial charge in [-0.15, -0.1) is 13.2 Å². The lowest BCUT2D eigenvalue weighted by Crippen LogP contribution is -2.12. The number of allylic oxidation sites excluding steroid dienone is 3. The summed E-state index contributed by atoms with van der Waals surface area (Å²) < 4.78 is 60.5. The van der Waals surface area contributed by atoms with Gasteiger partial charge in [0.1, 0.15) is 17.3 Å². The van der Waals surface area contributed by atoms with Crippen LogP contribution in [-0.4, -0.2) is 16.3 Å². The molecule has 9 heteroatoms. The van der Waals surface area contributed by atoms with Crippen LogP contribution < -0.4 is 0 Å². The van der Waals surface area contributed by atoms with Crippen LogP contribution >= 0.6 is 11.6 Å². The average molecular weight is 441 g/mol. The highest BCUT2D eigenvalue weighted by Crippen LogP contribution is 2.31. The summed E-state index contributed by atoms with van der Waals surface area (Å²) in [5, 5.41) is -0.149. The standard InChI is InChI=1S/C21H17ClF4N2O2/c1-11(10-18(12(2)22)30-21(24,25)26)16-8-9-17(29-16)20-27-13(3)19(28-20)14-4-6-15(23)7-5-14/h4-10H,1-3H3,(H,27,28)/b11-10+,18-12-. The van der Waals surface area contributed by atoms with Crippen molar-refractivity contribution in [2.45, 2.75) is 27.1 Å². The van der Waals surface area contributed by atoms with Crippen LogP contribution in [0.3, 0.4) is 0 Å². The molecule has 2 aromatic heterocycles. The highest BCUT2D eigenvalue weighted by molar-refractivity contribution is 6.29. The van der Waals surface area contributed by atoms with E-state index < -0.39 is 12.1 Å². The molecule has 158 valence electrons. The van der Waals surface area contributed by atoms with Gasteiger partial charge in [0.05, 0.1) is 10.7 Å². The number of hydrogen-bond acceptors (Lipinski definition) is 3. The van der Waals surface area contributed by atoms with Gasteiger partial charge in [-0.05, 0) is 68.8 Å². The zero-order chi connectivity index (χ0) is 22.1. The van der Waals surface area contributed by atoms with E-state index >= 15 is 0 Å². The van der Waals surface area contributed by atoms with Gasteiger partial charge >= 0.3 is 6.36 Å². The Labute approximate surface area is 174 Å². The minimum absolute atomic E-state index is 0.149. The number of halogens is 5. The maximum atomic E-state index is 13.2. The smallest absolute Gasteiger partial charge is 0.453 e. The Morgan fingerprint density at radius 2 is 1.80 bits per heavy atom. The number of aromatic amines is 1. The molecule has 0 unspecified atom stereocenters. The number of alkyl halides is 3. The van der Waals surface area contributed by atoms with Crippen molar-refractivity contribution < 1.29 is 26.7 Å². The van der Waals surface area contributed by atoms with E-state index in [1.165, 1.54) is 19.1 Å². The van der Waals surface area contributed by atoms with Crippen LogP contribution in [0.1, 0.15) is 25.3 Å². The summed E-state index contributed by atoms with van der Waals surface area (Å²) in [5.41, 5.74) is 2.50. The molecule has 1 N–H and O–H groups in total. The number of H-pyrrole nitrogens is 1. The molecule has 1 aromatic carbocycles. The zero-order valence-electron chi connectivity index (χ0n) is 16.2. The maximum Gasteiger partial charge on any atom is 0.573 e. The minimum Gasteiger partial charge on any atom is -0.453 e. The van der Waals surface area contributed by atoms with Gasteiger partial charge in [0, 0.05) is 11.3 Å². The molecule has 0 amide bonds. The predicted octanol–water partition coefficient (Wildman–Crippen LogP) is 7.19. The van der Waals surface area contributed by atoms with Crippen LogP contribution in [0.4, 0.5) is 17.6 Å². The molecule has 30 heavy (non-hydrogen) atoms. The molecule has 0 radical (unpaired) electrons. The summed E-state index contributed by atoms with van der Waals surface area (Å²) >= 11 is 5.71. The van der Waals surface area contributed by atoms with Crippen molar-refractivity contribution in [1.82, 2.24) is 9.97 Å². The molecule has 3 rings (SSSR count). The normalized spacial score (nSPS) is 13.4. The first kappa shape index (κ1) is 21.7. The summed E-state index contributed by atoms with van der Waals surface area (Å²) in [4.78, 5) is 7.59. The van der Waals surface area contributed by atoms with E-state index in [-0.39, 0.29) is 10.8 Å². The van der Waals surface area contributed by atoms with Crippen molar-refractivity contribution >= 4 is 17.2 Å². The summed E-state index contributed by atoms with van der Waals surface area (Å²) in [6.45, 7) is 4.68. The van der Waals surface area contributed by atoms with Crippen molar-refractivity contribution in [2.75, 3.05) is 0 Å². The molecule has 4 nitrogen and oxygen atoms in total. The number of aromatic nitrogens is 2. The number of nitrogens with one attached hydrogen (secondary N) is 1. The van der Waals surface area contributed by atoms with Gasteiger partial charge in [-0.3, -0.25) is 0 Å². The third-order valence-electron chi connectivity index (χ3n) is 4.14. The van der Waals surface area contributed by atoms with Crippen LogP contribution in [0.2, 0.25) is 0 Å². The number of ether oxygens (including phenoxy) is 1. The van der Waals surface area contributed by atoms with Gasteiger partial charge in [-0.25, -0.2) is 9.37 Å². The first-order chi connectivity index (χ1) is 14.0. The largest absolute Gasteiger partial charge is 0.573 e. The summed E-state index contributed by atoms with van der Waals surface area (Å²) in [6.07, 6.45) is -3.71.